The number of ether oxygens (including phenoxy) is 2. The number of benzene rings is 2. The first kappa shape index (κ1) is 46.0. The highest BCUT2D eigenvalue weighted by atomic mass is 35.5. The van der Waals surface area contributed by atoms with Crippen LogP contribution in [0.1, 0.15) is 94.0 Å². The van der Waals surface area contributed by atoms with Crippen molar-refractivity contribution in [2.75, 3.05) is 57.9 Å². The van der Waals surface area contributed by atoms with Crippen LogP contribution in [0.5, 0.6) is 11.5 Å². The number of sulfonamides is 1. The number of nitrogens with one attached hydrogen (secondary N) is 3. The first-order valence-corrected chi connectivity index (χ1v) is 24.8. The molecular weight excluding hydrogens is 854 g/mol. The van der Waals surface area contributed by atoms with Crippen molar-refractivity contribution in [3.63, 3.8) is 0 Å². The number of fused-ring (bicyclic) bond motifs is 1. The van der Waals surface area contributed by atoms with Gasteiger partial charge in [0.2, 0.25) is 16.1 Å². The third-order valence-corrected chi connectivity index (χ3v) is 16.1. The highest BCUT2D eigenvalue weighted by Crippen LogP contribution is 2.43. The number of anilines is 1. The van der Waals surface area contributed by atoms with Gasteiger partial charge in [0, 0.05) is 86.1 Å². The number of hydrogen-bond donors (Lipinski definition) is 3. The fraction of sp³-hybridized carbons (Fsp3) is 0.542. The molecule has 2 aromatic heterocycles. The van der Waals surface area contributed by atoms with E-state index in [0.29, 0.717) is 36.2 Å². The quantitative estimate of drug-likeness (QED) is 0.0772. The molecule has 0 spiro atoms. The van der Waals surface area contributed by atoms with Crippen LogP contribution in [0.4, 0.5) is 5.69 Å². The Bertz CT molecular complexity index is 2430. The zero-order valence-corrected chi connectivity index (χ0v) is 38.8. The van der Waals surface area contributed by atoms with Crippen LogP contribution in [0.3, 0.4) is 0 Å². The number of piperazine rings is 1. The number of hydrogen-bond acceptors (Lipinski definition) is 11. The van der Waals surface area contributed by atoms with Gasteiger partial charge in [-0.3, -0.25) is 19.8 Å². The van der Waals surface area contributed by atoms with Crippen LogP contribution in [-0.4, -0.2) is 104 Å². The zero-order valence-electron chi connectivity index (χ0n) is 37.2. The number of methoxy groups -OCH3 is 1. The highest BCUT2D eigenvalue weighted by molar-refractivity contribution is 7.90. The maximum Gasteiger partial charge on any atom is 0.268 e. The number of nitro groups is 1. The molecule has 3 atom stereocenters. The molecule has 1 amide bonds. The zero-order chi connectivity index (χ0) is 45.0. The van der Waals surface area contributed by atoms with Crippen molar-refractivity contribution >= 4 is 49.8 Å². The molecule has 3 unspecified atom stereocenters. The van der Waals surface area contributed by atoms with Gasteiger partial charge in [-0.2, -0.15) is 0 Å². The van der Waals surface area contributed by atoms with Crippen LogP contribution in [0.25, 0.3) is 16.6 Å². The summed E-state index contributed by atoms with van der Waals surface area (Å²) in [4.78, 5) is 38.3. The summed E-state index contributed by atoms with van der Waals surface area (Å²) in [6, 6.07) is 15.5. The molecule has 64 heavy (non-hydrogen) atoms. The second-order valence-electron chi connectivity index (χ2n) is 19.2. The second kappa shape index (κ2) is 19.9. The second-order valence-corrected chi connectivity index (χ2v) is 21.6. The summed E-state index contributed by atoms with van der Waals surface area (Å²) in [7, 11) is -2.58. The van der Waals surface area contributed by atoms with Crippen LogP contribution >= 0.6 is 11.6 Å². The lowest BCUT2D eigenvalue weighted by Crippen LogP contribution is -2.53. The maximum absolute atomic E-state index is 14.0. The molecule has 3 N–H and O–H groups in total. The Labute approximate surface area is 381 Å². The summed E-state index contributed by atoms with van der Waals surface area (Å²) in [6.07, 6.45) is 11.1. The number of rotatable bonds is 15. The van der Waals surface area contributed by atoms with E-state index in [2.05, 4.69) is 55.8 Å². The molecule has 2 aromatic carbocycles. The summed E-state index contributed by atoms with van der Waals surface area (Å²) in [5.41, 5.74) is 5.92. The summed E-state index contributed by atoms with van der Waals surface area (Å²) >= 11 is 6.25. The third-order valence-electron chi connectivity index (χ3n) is 14.1. The van der Waals surface area contributed by atoms with Crippen molar-refractivity contribution in [3.05, 3.63) is 98.8 Å². The fourth-order valence-electron chi connectivity index (χ4n) is 10.3. The van der Waals surface area contributed by atoms with Crippen LogP contribution in [0, 0.1) is 27.4 Å². The van der Waals surface area contributed by atoms with Crippen LogP contribution in [0.2, 0.25) is 5.02 Å². The Morgan fingerprint density at radius 2 is 1.75 bits per heavy atom. The van der Waals surface area contributed by atoms with Crippen molar-refractivity contribution in [1.82, 2.24) is 24.9 Å². The first-order valence-electron chi connectivity index (χ1n) is 22.8. The smallest absolute Gasteiger partial charge is 0.268 e. The molecule has 344 valence electrons. The summed E-state index contributed by atoms with van der Waals surface area (Å²) in [5.74, 6) is 0.676. The van der Waals surface area contributed by atoms with Gasteiger partial charge in [0.1, 0.15) is 17.1 Å². The summed E-state index contributed by atoms with van der Waals surface area (Å²) in [6.45, 7) is 10.2. The van der Waals surface area contributed by atoms with E-state index in [0.717, 1.165) is 100 Å². The van der Waals surface area contributed by atoms with Crippen LogP contribution in [0.15, 0.2) is 72.6 Å². The van der Waals surface area contributed by atoms with Crippen LogP contribution in [-0.2, 0) is 14.8 Å². The van der Waals surface area contributed by atoms with Gasteiger partial charge in [-0.25, -0.2) is 18.1 Å². The van der Waals surface area contributed by atoms with Crippen molar-refractivity contribution in [2.24, 2.45) is 17.3 Å². The number of carbonyl (C=O) groups is 1. The lowest BCUT2D eigenvalue weighted by molar-refractivity contribution is -0.529. The molecule has 0 bridgehead atoms. The number of pyridine rings is 1. The molecule has 1 aliphatic heterocycles. The normalized spacial score (nSPS) is 24.4. The Morgan fingerprint density at radius 1 is 1.00 bits per heavy atom. The number of allylic oxidation sites excluding steroid dienone is 1. The van der Waals surface area contributed by atoms with Crippen LogP contribution < -0.4 is 19.7 Å². The number of aromatic amines is 1. The predicted octanol–water partition coefficient (Wildman–Crippen LogP) is 8.46. The molecule has 3 aliphatic carbocycles. The molecule has 3 heterocycles. The van der Waals surface area contributed by atoms with Gasteiger partial charge in [-0.05, 0) is 129 Å². The largest absolute Gasteiger partial charge is 0.455 e. The topological polar surface area (TPSA) is 172 Å². The van der Waals surface area contributed by atoms with E-state index in [1.165, 1.54) is 16.7 Å². The standard InChI is InChI=1S/C48H62ClN7O7S/c1-48(2)18-16-36(42(27-48)34-8-10-37(49)11-9-34)30-54-20-22-55(23-21-54)38-12-14-41(45(25-38)63-39-24-35-17-19-50-46(35)52-29-39)47(57)53-64(60,61)40-13-15-43(44(26-40)56(58)59)51-28-32-4-6-33(7-5-32)31-62-3/h8-12,14,17,19,24-25,29,32-33,40,43-44,51H,4-7,13,15-16,18,20-23,26-28,30-31H2,1-3H3,(H,50,52)(H,53,57). The van der Waals surface area contributed by atoms with Crippen molar-refractivity contribution in [2.45, 2.75) is 95.4 Å². The van der Waals surface area contributed by atoms with E-state index in [4.69, 9.17) is 21.1 Å². The van der Waals surface area contributed by atoms with E-state index < -0.39 is 33.3 Å². The molecule has 16 heteroatoms. The molecule has 4 aliphatic rings. The van der Waals surface area contributed by atoms with Gasteiger partial charge in [0.05, 0.1) is 23.1 Å². The van der Waals surface area contributed by atoms with Gasteiger partial charge in [0.15, 0.2) is 0 Å². The number of halogens is 1. The Morgan fingerprint density at radius 3 is 2.48 bits per heavy atom. The number of nitrogens with zero attached hydrogens (tertiary/aromatic N) is 4. The lowest BCUT2D eigenvalue weighted by Gasteiger charge is -2.39. The Kier molecular flexibility index (Phi) is 14.3. The van der Waals surface area contributed by atoms with Crippen molar-refractivity contribution in [3.8, 4) is 11.5 Å². The molecule has 1 saturated heterocycles. The van der Waals surface area contributed by atoms with E-state index in [1.54, 1.807) is 37.7 Å². The van der Waals surface area contributed by atoms with Gasteiger partial charge in [-0.1, -0.05) is 43.2 Å². The number of H-pyrrole nitrogens is 1. The SMILES string of the molecule is COCC1CCC(CNC2CCC(S(=O)(=O)NC(=O)c3ccc(N4CCN(CC5=C(c6ccc(Cl)cc6)CC(C)(C)CC5)CC4)cc3Oc3cnc4[nH]ccc4c3)CC2[N+](=O)[O-])CC1. The van der Waals surface area contributed by atoms with E-state index in [9.17, 15) is 23.3 Å². The molecule has 3 fully saturated rings. The maximum atomic E-state index is 14.0. The van der Waals surface area contributed by atoms with Gasteiger partial charge >= 0.3 is 0 Å². The highest BCUT2D eigenvalue weighted by Gasteiger charge is 2.44. The molecule has 8 rings (SSSR count). The van der Waals surface area contributed by atoms with E-state index >= 15 is 0 Å². The van der Waals surface area contributed by atoms with Gasteiger partial charge in [0.25, 0.3) is 5.91 Å². The summed E-state index contributed by atoms with van der Waals surface area (Å²) < 4.78 is 41.8. The lowest BCUT2D eigenvalue weighted by atomic mass is 9.72. The van der Waals surface area contributed by atoms with Crippen molar-refractivity contribution < 1.29 is 27.6 Å². The van der Waals surface area contributed by atoms with E-state index in [1.807, 2.05) is 24.3 Å². The third kappa shape index (κ3) is 11.1. The van der Waals surface area contributed by atoms with Gasteiger partial charge in [-0.15, -0.1) is 0 Å². The molecular formula is C48H62ClN7O7S. The number of amides is 1. The first-order chi connectivity index (χ1) is 30.7. The predicted molar refractivity (Wildman–Crippen MR) is 251 cm³/mol. The number of aromatic nitrogens is 2. The minimum Gasteiger partial charge on any atom is -0.455 e. The minimum atomic E-state index is -4.30. The van der Waals surface area contributed by atoms with Gasteiger partial charge < -0.3 is 24.7 Å². The Hall–Kier alpha value is -4.54. The molecule has 0 radical (unpaired) electrons. The monoisotopic (exact) mass is 915 g/mol. The van der Waals surface area contributed by atoms with Crippen molar-refractivity contribution in [1.29, 1.82) is 0 Å². The van der Waals surface area contributed by atoms with E-state index in [-0.39, 0.29) is 34.5 Å². The average Bonchev–Trinajstić information content (AvgIpc) is 3.75. The minimum absolute atomic E-state index is 0.0309. The molecule has 2 saturated carbocycles. The summed E-state index contributed by atoms with van der Waals surface area (Å²) in [5, 5.41) is 16.2. The molecule has 4 aromatic rings. The molecule has 14 nitrogen and oxygen atoms in total. The Balaban J connectivity index is 0.946. The fourth-order valence-corrected chi connectivity index (χ4v) is 11.8. The average molecular weight is 917 g/mol. The number of carbonyl (C=O) groups excluding carboxylic acids is 1.